The molecule has 146 valence electrons. The highest BCUT2D eigenvalue weighted by Gasteiger charge is 2.15. The predicted octanol–water partition coefficient (Wildman–Crippen LogP) is 3.27. The molecule has 0 heterocycles. The molecule has 0 radical (unpaired) electrons. The number of benzene rings is 2. The average Bonchev–Trinajstić information content (AvgIpc) is 2.66. The number of hydrogen-bond donors (Lipinski definition) is 1. The van der Waals surface area contributed by atoms with Gasteiger partial charge in [0.1, 0.15) is 6.61 Å². The molecule has 0 saturated heterocycles. The summed E-state index contributed by atoms with van der Waals surface area (Å²) in [5.41, 5.74) is 0.938. The molecule has 10 heteroatoms. The lowest BCUT2D eigenvalue weighted by atomic mass is 10.1. The molecule has 0 unspecified atom stereocenters. The van der Waals surface area contributed by atoms with Crippen LogP contribution in [0.4, 0.5) is 17.1 Å². The molecule has 0 spiro atoms. The average molecular weight is 387 g/mol. The Kier molecular flexibility index (Phi) is 6.74. The van der Waals surface area contributed by atoms with Crippen molar-refractivity contribution in [2.75, 3.05) is 5.32 Å². The van der Waals surface area contributed by atoms with Crippen LogP contribution in [0.2, 0.25) is 0 Å². The van der Waals surface area contributed by atoms with Gasteiger partial charge in [0.15, 0.2) is 0 Å². The molecule has 0 fully saturated rings. The minimum Gasteiger partial charge on any atom is -0.461 e. The van der Waals surface area contributed by atoms with E-state index >= 15 is 0 Å². The van der Waals surface area contributed by atoms with Gasteiger partial charge in [0, 0.05) is 30.3 Å². The number of carbonyl (C=O) groups is 2. The SMILES string of the molecule is Cc1cc([N+](=O)[O-])ccc1NC(=O)CCC(=O)OCc1ccccc1[N+](=O)[O-]. The summed E-state index contributed by atoms with van der Waals surface area (Å²) in [5.74, 6) is -1.13. The van der Waals surface area contributed by atoms with Crippen LogP contribution in [0.1, 0.15) is 24.0 Å². The number of non-ortho nitro benzene ring substituents is 1. The Morgan fingerprint density at radius 1 is 1.04 bits per heavy atom. The van der Waals surface area contributed by atoms with Gasteiger partial charge < -0.3 is 10.1 Å². The van der Waals surface area contributed by atoms with E-state index in [1.165, 1.54) is 36.4 Å². The van der Waals surface area contributed by atoms with Crippen LogP contribution in [0.3, 0.4) is 0 Å². The van der Waals surface area contributed by atoms with Gasteiger partial charge in [0.05, 0.1) is 21.8 Å². The minimum absolute atomic E-state index is 0.0888. The number of aryl methyl sites for hydroxylation is 1. The van der Waals surface area contributed by atoms with Gasteiger partial charge in [-0.05, 0) is 24.6 Å². The molecule has 1 N–H and O–H groups in total. The van der Waals surface area contributed by atoms with Crippen molar-refractivity contribution >= 4 is 28.9 Å². The van der Waals surface area contributed by atoms with Gasteiger partial charge in [-0.15, -0.1) is 0 Å². The van der Waals surface area contributed by atoms with Crippen LogP contribution in [-0.4, -0.2) is 21.7 Å². The van der Waals surface area contributed by atoms with Gasteiger partial charge in [0.2, 0.25) is 5.91 Å². The van der Waals surface area contributed by atoms with Gasteiger partial charge >= 0.3 is 5.97 Å². The van der Waals surface area contributed by atoms with Gasteiger partial charge in [0.25, 0.3) is 11.4 Å². The number of ether oxygens (including phenoxy) is 1. The maximum absolute atomic E-state index is 12.0. The molecule has 0 aliphatic heterocycles. The maximum atomic E-state index is 12.0. The van der Waals surface area contributed by atoms with Crippen molar-refractivity contribution in [3.05, 3.63) is 73.8 Å². The predicted molar refractivity (Wildman–Crippen MR) is 98.6 cm³/mol. The third kappa shape index (κ3) is 5.59. The molecule has 0 atom stereocenters. The standard InChI is InChI=1S/C18H17N3O7/c1-12-10-14(20(24)25)6-7-15(12)19-17(22)8-9-18(23)28-11-13-4-2-3-5-16(13)21(26)27/h2-7,10H,8-9,11H2,1H3,(H,19,22). The van der Waals surface area contributed by atoms with E-state index in [0.717, 1.165) is 0 Å². The number of carbonyl (C=O) groups excluding carboxylic acids is 2. The summed E-state index contributed by atoms with van der Waals surface area (Å²) < 4.78 is 4.99. The molecule has 1 amide bonds. The van der Waals surface area contributed by atoms with Crippen molar-refractivity contribution in [1.82, 2.24) is 0 Å². The molecule has 2 aromatic rings. The maximum Gasteiger partial charge on any atom is 0.306 e. The lowest BCUT2D eigenvalue weighted by Crippen LogP contribution is -2.15. The van der Waals surface area contributed by atoms with E-state index in [2.05, 4.69) is 5.32 Å². The molecule has 0 bridgehead atoms. The van der Waals surface area contributed by atoms with Crippen LogP contribution in [0.25, 0.3) is 0 Å². The molecule has 0 aliphatic carbocycles. The van der Waals surface area contributed by atoms with Crippen LogP contribution in [-0.2, 0) is 20.9 Å². The van der Waals surface area contributed by atoms with Crippen molar-refractivity contribution in [1.29, 1.82) is 0 Å². The Hall–Kier alpha value is -3.82. The molecule has 10 nitrogen and oxygen atoms in total. The van der Waals surface area contributed by atoms with Crippen molar-refractivity contribution in [2.24, 2.45) is 0 Å². The van der Waals surface area contributed by atoms with Crippen LogP contribution in [0.15, 0.2) is 42.5 Å². The van der Waals surface area contributed by atoms with E-state index in [4.69, 9.17) is 4.74 Å². The summed E-state index contributed by atoms with van der Waals surface area (Å²) in [5, 5.41) is 24.2. The Labute approximate surface area is 159 Å². The van der Waals surface area contributed by atoms with Gasteiger partial charge in [-0.1, -0.05) is 12.1 Å². The highest BCUT2D eigenvalue weighted by molar-refractivity contribution is 5.93. The third-order valence-corrected chi connectivity index (χ3v) is 3.83. The number of rotatable bonds is 8. The molecular weight excluding hydrogens is 370 g/mol. The first-order valence-electron chi connectivity index (χ1n) is 8.20. The van der Waals surface area contributed by atoms with E-state index in [1.807, 2.05) is 0 Å². The summed E-state index contributed by atoms with van der Waals surface area (Å²) in [7, 11) is 0. The van der Waals surface area contributed by atoms with Crippen molar-refractivity contribution in [3.63, 3.8) is 0 Å². The van der Waals surface area contributed by atoms with E-state index < -0.39 is 21.7 Å². The Morgan fingerprint density at radius 2 is 1.75 bits per heavy atom. The van der Waals surface area contributed by atoms with Gasteiger partial charge in [-0.2, -0.15) is 0 Å². The fraction of sp³-hybridized carbons (Fsp3) is 0.222. The van der Waals surface area contributed by atoms with E-state index in [9.17, 15) is 29.8 Å². The van der Waals surface area contributed by atoms with Crippen LogP contribution < -0.4 is 5.32 Å². The number of anilines is 1. The fourth-order valence-electron chi connectivity index (χ4n) is 2.37. The number of hydrogen-bond acceptors (Lipinski definition) is 7. The first-order valence-corrected chi connectivity index (χ1v) is 8.20. The Balaban J connectivity index is 1.84. The lowest BCUT2D eigenvalue weighted by molar-refractivity contribution is -0.385. The first-order chi connectivity index (χ1) is 13.3. The minimum atomic E-state index is -0.672. The number of nitro groups is 2. The summed E-state index contributed by atoms with van der Waals surface area (Å²) in [6.45, 7) is 1.35. The summed E-state index contributed by atoms with van der Waals surface area (Å²) in [6.07, 6.45) is -0.370. The van der Waals surface area contributed by atoms with Crippen LogP contribution in [0, 0.1) is 27.2 Å². The van der Waals surface area contributed by atoms with Crippen molar-refractivity contribution in [3.8, 4) is 0 Å². The Bertz CT molecular complexity index is 927. The summed E-state index contributed by atoms with van der Waals surface area (Å²) >= 11 is 0. The van der Waals surface area contributed by atoms with Crippen LogP contribution in [0.5, 0.6) is 0 Å². The van der Waals surface area contributed by atoms with Gasteiger partial charge in [-0.25, -0.2) is 0 Å². The number of para-hydroxylation sites is 1. The normalized spacial score (nSPS) is 10.2. The smallest absolute Gasteiger partial charge is 0.306 e. The summed E-state index contributed by atoms with van der Waals surface area (Å²) in [4.78, 5) is 44.3. The second kappa shape index (κ2) is 9.21. The zero-order chi connectivity index (χ0) is 20.7. The van der Waals surface area contributed by atoms with Crippen molar-refractivity contribution in [2.45, 2.75) is 26.4 Å². The molecule has 0 aliphatic rings. The molecule has 2 aromatic carbocycles. The fourth-order valence-corrected chi connectivity index (χ4v) is 2.37. The lowest BCUT2D eigenvalue weighted by Gasteiger charge is -2.08. The highest BCUT2D eigenvalue weighted by atomic mass is 16.6. The third-order valence-electron chi connectivity index (χ3n) is 3.83. The molecule has 2 rings (SSSR count). The second-order valence-corrected chi connectivity index (χ2v) is 5.85. The molecule has 0 saturated carbocycles. The molecule has 28 heavy (non-hydrogen) atoms. The molecular formula is C18H17N3O7. The zero-order valence-corrected chi connectivity index (χ0v) is 14.9. The first kappa shape index (κ1) is 20.5. The van der Waals surface area contributed by atoms with E-state index in [-0.39, 0.29) is 36.4 Å². The van der Waals surface area contributed by atoms with Gasteiger partial charge in [-0.3, -0.25) is 29.8 Å². The van der Waals surface area contributed by atoms with Crippen molar-refractivity contribution < 1.29 is 24.2 Å². The quantitative estimate of drug-likeness (QED) is 0.416. The number of amides is 1. The number of nitrogens with zero attached hydrogens (tertiary/aromatic N) is 2. The number of nitrogens with one attached hydrogen (secondary N) is 1. The molecule has 0 aromatic heterocycles. The van der Waals surface area contributed by atoms with E-state index in [1.54, 1.807) is 13.0 Å². The van der Waals surface area contributed by atoms with Crippen LogP contribution >= 0.6 is 0 Å². The summed E-state index contributed by atoms with van der Waals surface area (Å²) in [6, 6.07) is 9.90. The zero-order valence-electron chi connectivity index (χ0n) is 14.9. The Morgan fingerprint density at radius 3 is 2.39 bits per heavy atom. The monoisotopic (exact) mass is 387 g/mol. The highest BCUT2D eigenvalue weighted by Crippen LogP contribution is 2.22. The number of nitro benzene ring substituents is 2. The largest absolute Gasteiger partial charge is 0.461 e. The number of esters is 1. The topological polar surface area (TPSA) is 142 Å². The second-order valence-electron chi connectivity index (χ2n) is 5.85. The van der Waals surface area contributed by atoms with E-state index in [0.29, 0.717) is 11.3 Å².